The van der Waals surface area contributed by atoms with Crippen molar-refractivity contribution in [2.75, 3.05) is 42.9 Å². The number of hydrogen-bond donors (Lipinski definition) is 1. The van der Waals surface area contributed by atoms with Crippen LogP contribution in [0.4, 0.5) is 10.9 Å². The van der Waals surface area contributed by atoms with E-state index in [1.807, 2.05) is 12.1 Å². The van der Waals surface area contributed by atoms with Gasteiger partial charge < -0.3 is 4.90 Å². The summed E-state index contributed by atoms with van der Waals surface area (Å²) in [7, 11) is 0. The number of nitrogens with one attached hydrogen (secondary N) is 1. The van der Waals surface area contributed by atoms with Gasteiger partial charge in [-0.25, -0.2) is 9.97 Å². The lowest BCUT2D eigenvalue weighted by Gasteiger charge is -2.35. The lowest BCUT2D eigenvalue weighted by Crippen LogP contribution is -2.49. The first-order valence-corrected chi connectivity index (χ1v) is 11.0. The molecule has 1 fully saturated rings. The van der Waals surface area contributed by atoms with Crippen LogP contribution in [0.5, 0.6) is 0 Å². The fourth-order valence-electron chi connectivity index (χ4n) is 4.01. The van der Waals surface area contributed by atoms with Gasteiger partial charge >= 0.3 is 0 Å². The number of nitrogens with zero attached hydrogens (tertiary/aromatic N) is 7. The molecule has 2 aliphatic rings. The molecule has 0 aromatic carbocycles. The predicted octanol–water partition coefficient (Wildman–Crippen LogP) is 1.64. The number of hydrogen-bond acceptors (Lipinski definition) is 9. The average Bonchev–Trinajstić information content (AvgIpc) is 3.46. The van der Waals surface area contributed by atoms with Crippen molar-refractivity contribution in [2.45, 2.75) is 19.3 Å². The number of aryl methyl sites for hydroxylation is 1. The van der Waals surface area contributed by atoms with Gasteiger partial charge in [-0.3, -0.25) is 20.0 Å². The van der Waals surface area contributed by atoms with Crippen LogP contribution in [0.2, 0.25) is 0 Å². The van der Waals surface area contributed by atoms with Gasteiger partial charge in [0.2, 0.25) is 11.0 Å². The number of carbonyl (C=O) groups is 1. The third-order valence-corrected chi connectivity index (χ3v) is 6.10. The van der Waals surface area contributed by atoms with E-state index in [-0.39, 0.29) is 5.91 Å². The maximum Gasteiger partial charge on any atom is 0.240 e. The summed E-state index contributed by atoms with van der Waals surface area (Å²) in [6, 6.07) is 3.91. The van der Waals surface area contributed by atoms with E-state index >= 15 is 0 Å². The third-order valence-electron chi connectivity index (χ3n) is 5.50. The lowest BCUT2D eigenvalue weighted by atomic mass is 10.1. The molecule has 10 heteroatoms. The van der Waals surface area contributed by atoms with Crippen molar-refractivity contribution in [3.8, 4) is 11.4 Å². The van der Waals surface area contributed by atoms with Crippen LogP contribution in [0.25, 0.3) is 11.4 Å². The normalized spacial score (nSPS) is 16.5. The molecule has 30 heavy (non-hydrogen) atoms. The van der Waals surface area contributed by atoms with Crippen LogP contribution in [0.15, 0.2) is 30.0 Å². The van der Waals surface area contributed by atoms with Crippen molar-refractivity contribution in [3.05, 3.63) is 41.3 Å². The zero-order valence-electron chi connectivity index (χ0n) is 16.5. The molecule has 3 aromatic heterocycles. The van der Waals surface area contributed by atoms with Crippen LogP contribution in [0, 0.1) is 0 Å². The maximum atomic E-state index is 12.2. The molecule has 1 N–H and O–H groups in total. The Morgan fingerprint density at radius 3 is 2.70 bits per heavy atom. The van der Waals surface area contributed by atoms with Gasteiger partial charge in [0.1, 0.15) is 11.3 Å². The van der Waals surface area contributed by atoms with Gasteiger partial charge in [0.15, 0.2) is 5.82 Å². The fraction of sp³-hybridized carbons (Fsp3) is 0.400. The largest absolute Gasteiger partial charge is 0.354 e. The summed E-state index contributed by atoms with van der Waals surface area (Å²) in [6.07, 6.45) is 6.72. The Morgan fingerprint density at radius 1 is 1.10 bits per heavy atom. The van der Waals surface area contributed by atoms with Crippen molar-refractivity contribution < 1.29 is 4.79 Å². The Bertz CT molecular complexity index is 1020. The predicted molar refractivity (Wildman–Crippen MR) is 114 cm³/mol. The van der Waals surface area contributed by atoms with E-state index in [1.165, 1.54) is 22.6 Å². The highest BCUT2D eigenvalue weighted by molar-refractivity contribution is 7.13. The van der Waals surface area contributed by atoms with Crippen molar-refractivity contribution >= 4 is 28.2 Å². The molecule has 0 bridgehead atoms. The molecule has 1 aliphatic heterocycles. The van der Waals surface area contributed by atoms with Crippen molar-refractivity contribution in [2.24, 2.45) is 0 Å². The molecule has 1 saturated heterocycles. The van der Waals surface area contributed by atoms with E-state index in [4.69, 9.17) is 9.97 Å². The molecule has 0 spiro atoms. The third kappa shape index (κ3) is 4.01. The van der Waals surface area contributed by atoms with Gasteiger partial charge in [0.05, 0.1) is 6.54 Å². The van der Waals surface area contributed by atoms with Crippen LogP contribution in [0.3, 0.4) is 0 Å². The summed E-state index contributed by atoms with van der Waals surface area (Å²) in [5.41, 5.74) is 5.06. The molecule has 154 valence electrons. The summed E-state index contributed by atoms with van der Waals surface area (Å²) in [5.74, 6) is 1.78. The van der Waals surface area contributed by atoms with Crippen molar-refractivity contribution in [1.82, 2.24) is 30.0 Å². The Kier molecular flexibility index (Phi) is 5.33. The number of anilines is 2. The summed E-state index contributed by atoms with van der Waals surface area (Å²) < 4.78 is 0. The quantitative estimate of drug-likeness (QED) is 0.662. The standard InChI is InChI=1S/C20H22N8OS/c29-17(24-20-26-22-13-30-20)12-27-8-10-28(11-9-27)19-15-2-1-3-16(15)23-18(25-19)14-4-6-21-7-5-14/h4-7,13H,1-3,8-12H2,(H,24,26,29). The number of carbonyl (C=O) groups excluding carboxylic acids is 1. The minimum Gasteiger partial charge on any atom is -0.354 e. The second kappa shape index (κ2) is 8.41. The topological polar surface area (TPSA) is 100 Å². The van der Waals surface area contributed by atoms with E-state index in [0.29, 0.717) is 11.7 Å². The monoisotopic (exact) mass is 422 g/mol. The van der Waals surface area contributed by atoms with Gasteiger partial charge in [-0.15, -0.1) is 10.2 Å². The number of aromatic nitrogens is 5. The molecular weight excluding hydrogens is 400 g/mol. The minimum absolute atomic E-state index is 0.0527. The van der Waals surface area contributed by atoms with Gasteiger partial charge in [-0.1, -0.05) is 11.3 Å². The minimum atomic E-state index is -0.0527. The second-order valence-corrected chi connectivity index (χ2v) is 8.27. The highest BCUT2D eigenvalue weighted by Crippen LogP contribution is 2.31. The van der Waals surface area contributed by atoms with Crippen LogP contribution in [-0.4, -0.2) is 68.7 Å². The molecule has 5 rings (SSSR count). The second-order valence-electron chi connectivity index (χ2n) is 7.44. The van der Waals surface area contributed by atoms with Crippen LogP contribution in [-0.2, 0) is 17.6 Å². The zero-order chi connectivity index (χ0) is 20.3. The molecular formula is C20H22N8OS. The molecule has 3 aromatic rings. The molecule has 0 atom stereocenters. The first-order valence-electron chi connectivity index (χ1n) is 10.1. The molecule has 1 aliphatic carbocycles. The first-order chi connectivity index (χ1) is 14.8. The van der Waals surface area contributed by atoms with Gasteiger partial charge in [-0.2, -0.15) is 0 Å². The Morgan fingerprint density at radius 2 is 1.93 bits per heavy atom. The van der Waals surface area contributed by atoms with Crippen LogP contribution in [0.1, 0.15) is 17.7 Å². The zero-order valence-corrected chi connectivity index (χ0v) is 17.3. The summed E-state index contributed by atoms with van der Waals surface area (Å²) in [4.78, 5) is 30.6. The Labute approximate surface area is 178 Å². The van der Waals surface area contributed by atoms with Gasteiger partial charge in [0.25, 0.3) is 0 Å². The van der Waals surface area contributed by atoms with Crippen LogP contribution >= 0.6 is 11.3 Å². The molecule has 0 saturated carbocycles. The van der Waals surface area contributed by atoms with E-state index in [0.717, 1.165) is 62.6 Å². The first kappa shape index (κ1) is 19.0. The Balaban J connectivity index is 1.28. The summed E-state index contributed by atoms with van der Waals surface area (Å²) in [6.45, 7) is 3.66. The molecule has 4 heterocycles. The number of rotatable bonds is 5. The SMILES string of the molecule is O=C(CN1CCN(c2nc(-c3ccncc3)nc3c2CCC3)CC1)Nc1nncs1. The number of fused-ring (bicyclic) bond motifs is 1. The fourth-order valence-corrected chi connectivity index (χ4v) is 4.47. The molecule has 1 amide bonds. The number of amides is 1. The van der Waals surface area contributed by atoms with Gasteiger partial charge in [-0.05, 0) is 31.4 Å². The molecule has 0 unspecified atom stereocenters. The Hall–Kier alpha value is -2.98. The van der Waals surface area contributed by atoms with Crippen molar-refractivity contribution in [1.29, 1.82) is 0 Å². The smallest absolute Gasteiger partial charge is 0.240 e. The lowest BCUT2D eigenvalue weighted by molar-refractivity contribution is -0.117. The number of piperazine rings is 1. The number of pyridine rings is 1. The van der Waals surface area contributed by atoms with E-state index < -0.39 is 0 Å². The highest BCUT2D eigenvalue weighted by atomic mass is 32.1. The van der Waals surface area contributed by atoms with Gasteiger partial charge in [0, 0.05) is 55.4 Å². The highest BCUT2D eigenvalue weighted by Gasteiger charge is 2.26. The van der Waals surface area contributed by atoms with E-state index in [9.17, 15) is 4.79 Å². The maximum absolute atomic E-state index is 12.2. The summed E-state index contributed by atoms with van der Waals surface area (Å²) in [5, 5.41) is 10.9. The van der Waals surface area contributed by atoms with E-state index in [1.54, 1.807) is 17.9 Å². The van der Waals surface area contributed by atoms with Crippen molar-refractivity contribution in [3.63, 3.8) is 0 Å². The summed E-state index contributed by atoms with van der Waals surface area (Å²) >= 11 is 1.32. The molecule has 0 radical (unpaired) electrons. The van der Waals surface area contributed by atoms with E-state index in [2.05, 4.69) is 30.3 Å². The molecule has 9 nitrogen and oxygen atoms in total. The van der Waals surface area contributed by atoms with Crippen LogP contribution < -0.4 is 10.2 Å². The average molecular weight is 423 g/mol.